The number of unbranched alkanes of at least 4 members (excludes halogenated alkanes) is 1. The summed E-state index contributed by atoms with van der Waals surface area (Å²) in [6.45, 7) is 3.30. The number of rotatable bonds is 7. The zero-order chi connectivity index (χ0) is 12.1. The van der Waals surface area contributed by atoms with Gasteiger partial charge in [-0.3, -0.25) is 4.79 Å². The summed E-state index contributed by atoms with van der Waals surface area (Å²) in [5.74, 6) is 1.79. The highest BCUT2D eigenvalue weighted by Gasteiger charge is 2.35. The Kier molecular flexibility index (Phi) is 4.18. The van der Waals surface area contributed by atoms with Crippen molar-refractivity contribution < 1.29 is 4.79 Å². The molecule has 0 heterocycles. The fraction of sp³-hybridized carbons (Fsp3) is 0.533. The molecule has 0 spiro atoms. The van der Waals surface area contributed by atoms with E-state index in [1.807, 2.05) is 24.3 Å². The molecule has 0 bridgehead atoms. The van der Waals surface area contributed by atoms with Gasteiger partial charge in [0.05, 0.1) is 0 Å². The van der Waals surface area contributed by atoms with Gasteiger partial charge < -0.3 is 5.32 Å². The fourth-order valence-corrected chi connectivity index (χ4v) is 2.35. The molecule has 0 radical (unpaired) electrons. The second-order valence-electron chi connectivity index (χ2n) is 5.02. The summed E-state index contributed by atoms with van der Waals surface area (Å²) in [7, 11) is 0. The fourth-order valence-electron chi connectivity index (χ4n) is 2.35. The van der Waals surface area contributed by atoms with Crippen LogP contribution in [0, 0.1) is 11.8 Å². The molecule has 0 amide bonds. The van der Waals surface area contributed by atoms with Crippen LogP contribution in [0.2, 0.25) is 0 Å². The van der Waals surface area contributed by atoms with E-state index in [0.29, 0.717) is 0 Å². The third-order valence-corrected chi connectivity index (χ3v) is 3.59. The van der Waals surface area contributed by atoms with Gasteiger partial charge in [-0.2, -0.15) is 0 Å². The average molecular weight is 231 g/mol. The second-order valence-corrected chi connectivity index (χ2v) is 5.02. The van der Waals surface area contributed by atoms with Gasteiger partial charge in [-0.1, -0.05) is 38.3 Å². The zero-order valence-electron chi connectivity index (χ0n) is 10.5. The molecule has 1 N–H and O–H groups in total. The van der Waals surface area contributed by atoms with Gasteiger partial charge in [0.25, 0.3) is 0 Å². The minimum absolute atomic E-state index is 0.744. The number of carbonyl (C=O) groups is 1. The number of hydrogen-bond acceptors (Lipinski definition) is 2. The van der Waals surface area contributed by atoms with Crippen LogP contribution < -0.4 is 5.32 Å². The van der Waals surface area contributed by atoms with E-state index in [-0.39, 0.29) is 0 Å². The Hall–Kier alpha value is -1.31. The molecule has 2 nitrogen and oxygen atoms in total. The molecule has 0 saturated heterocycles. The number of carbonyl (C=O) groups excluding carboxylic acids is 1. The lowest BCUT2D eigenvalue weighted by atomic mass is 10.1. The summed E-state index contributed by atoms with van der Waals surface area (Å²) in [4.78, 5) is 10.7. The molecule has 2 heteroatoms. The summed E-state index contributed by atoms with van der Waals surface area (Å²) < 4.78 is 0. The normalized spacial score (nSPS) is 22.2. The van der Waals surface area contributed by atoms with Gasteiger partial charge in [-0.05, 0) is 30.4 Å². The van der Waals surface area contributed by atoms with Crippen molar-refractivity contribution in [1.29, 1.82) is 0 Å². The third-order valence-electron chi connectivity index (χ3n) is 3.59. The molecule has 2 unspecified atom stereocenters. The van der Waals surface area contributed by atoms with Crippen molar-refractivity contribution in [2.24, 2.45) is 11.8 Å². The lowest BCUT2D eigenvalue weighted by Crippen LogP contribution is -2.05. The Morgan fingerprint density at radius 2 is 2.29 bits per heavy atom. The maximum atomic E-state index is 10.7. The van der Waals surface area contributed by atoms with Crippen molar-refractivity contribution in [3.63, 3.8) is 0 Å². The molecule has 1 aromatic carbocycles. The van der Waals surface area contributed by atoms with Crippen molar-refractivity contribution in [1.82, 2.24) is 0 Å². The van der Waals surface area contributed by atoms with Gasteiger partial charge in [0.1, 0.15) is 6.29 Å². The first-order valence-corrected chi connectivity index (χ1v) is 6.62. The molecule has 1 aliphatic rings. The lowest BCUT2D eigenvalue weighted by Gasteiger charge is -2.06. The molecule has 2 atom stereocenters. The van der Waals surface area contributed by atoms with Gasteiger partial charge in [0, 0.05) is 17.8 Å². The smallest absolute Gasteiger partial charge is 0.150 e. The Labute approximate surface area is 103 Å². The standard InChI is InChI=1S/C15H21NO/c1-2-3-6-13-9-14(13)10-16-15-7-4-5-12(8-15)11-17/h4-5,7-8,11,13-14,16H,2-3,6,9-10H2,1H3. The molecule has 1 saturated carbocycles. The number of hydrogen-bond donors (Lipinski definition) is 1. The highest BCUT2D eigenvalue weighted by atomic mass is 16.1. The molecule has 1 aromatic rings. The van der Waals surface area contributed by atoms with Crippen molar-refractivity contribution in [3.05, 3.63) is 29.8 Å². The van der Waals surface area contributed by atoms with Crippen LogP contribution in [-0.2, 0) is 0 Å². The molecule has 0 aromatic heterocycles. The molecule has 0 aliphatic heterocycles. The second kappa shape index (κ2) is 5.85. The summed E-state index contributed by atoms with van der Waals surface area (Å²) >= 11 is 0. The summed E-state index contributed by atoms with van der Waals surface area (Å²) in [5.41, 5.74) is 1.81. The van der Waals surface area contributed by atoms with Gasteiger partial charge in [-0.25, -0.2) is 0 Å². The summed E-state index contributed by atoms with van der Waals surface area (Å²) in [6, 6.07) is 7.69. The quantitative estimate of drug-likeness (QED) is 0.724. The minimum atomic E-state index is 0.744. The molecular weight excluding hydrogens is 210 g/mol. The Morgan fingerprint density at radius 1 is 1.41 bits per heavy atom. The van der Waals surface area contributed by atoms with Gasteiger partial charge in [0.2, 0.25) is 0 Å². The van der Waals surface area contributed by atoms with Crippen LogP contribution in [0.25, 0.3) is 0 Å². The van der Waals surface area contributed by atoms with Crippen LogP contribution >= 0.6 is 0 Å². The van der Waals surface area contributed by atoms with Crippen molar-refractivity contribution in [2.75, 3.05) is 11.9 Å². The minimum Gasteiger partial charge on any atom is -0.385 e. The largest absolute Gasteiger partial charge is 0.385 e. The maximum Gasteiger partial charge on any atom is 0.150 e. The Morgan fingerprint density at radius 3 is 3.06 bits per heavy atom. The highest BCUT2D eigenvalue weighted by molar-refractivity contribution is 5.76. The summed E-state index contributed by atoms with van der Waals surface area (Å²) in [5, 5.41) is 3.43. The first kappa shape index (κ1) is 12.2. The molecule has 1 aliphatic carbocycles. The van der Waals surface area contributed by atoms with Crippen molar-refractivity contribution in [2.45, 2.75) is 32.6 Å². The number of benzene rings is 1. The maximum absolute atomic E-state index is 10.7. The van der Waals surface area contributed by atoms with E-state index in [0.717, 1.165) is 35.9 Å². The Bertz CT molecular complexity index is 375. The number of nitrogens with one attached hydrogen (secondary N) is 1. The van der Waals surface area contributed by atoms with E-state index in [1.165, 1.54) is 25.7 Å². The van der Waals surface area contributed by atoms with Gasteiger partial charge >= 0.3 is 0 Å². The monoisotopic (exact) mass is 231 g/mol. The van der Waals surface area contributed by atoms with E-state index in [2.05, 4.69) is 12.2 Å². The number of aldehydes is 1. The van der Waals surface area contributed by atoms with E-state index in [1.54, 1.807) is 0 Å². The van der Waals surface area contributed by atoms with E-state index >= 15 is 0 Å². The molecular formula is C15H21NO. The van der Waals surface area contributed by atoms with Gasteiger partial charge in [-0.15, -0.1) is 0 Å². The van der Waals surface area contributed by atoms with Crippen LogP contribution in [-0.4, -0.2) is 12.8 Å². The van der Waals surface area contributed by atoms with Crippen LogP contribution in [0.1, 0.15) is 43.0 Å². The molecule has 92 valence electrons. The van der Waals surface area contributed by atoms with E-state index in [9.17, 15) is 4.79 Å². The summed E-state index contributed by atoms with van der Waals surface area (Å²) in [6.07, 6.45) is 6.32. The topological polar surface area (TPSA) is 29.1 Å². The molecule has 1 fully saturated rings. The highest BCUT2D eigenvalue weighted by Crippen LogP contribution is 2.42. The third kappa shape index (κ3) is 3.58. The van der Waals surface area contributed by atoms with Crippen molar-refractivity contribution >= 4 is 12.0 Å². The number of anilines is 1. The predicted molar refractivity (Wildman–Crippen MR) is 71.4 cm³/mol. The van der Waals surface area contributed by atoms with E-state index < -0.39 is 0 Å². The lowest BCUT2D eigenvalue weighted by molar-refractivity contribution is 0.112. The van der Waals surface area contributed by atoms with Crippen LogP contribution in [0.3, 0.4) is 0 Å². The first-order chi connectivity index (χ1) is 8.33. The first-order valence-electron chi connectivity index (χ1n) is 6.62. The SMILES string of the molecule is CCCCC1CC1CNc1cccc(C=O)c1. The van der Waals surface area contributed by atoms with Gasteiger partial charge in [0.15, 0.2) is 0 Å². The molecule has 2 rings (SSSR count). The van der Waals surface area contributed by atoms with Crippen LogP contribution in [0.5, 0.6) is 0 Å². The Balaban J connectivity index is 1.73. The van der Waals surface area contributed by atoms with Crippen molar-refractivity contribution in [3.8, 4) is 0 Å². The van der Waals surface area contributed by atoms with Crippen LogP contribution in [0.4, 0.5) is 5.69 Å². The average Bonchev–Trinajstić information content (AvgIpc) is 3.13. The molecule has 17 heavy (non-hydrogen) atoms. The zero-order valence-corrected chi connectivity index (χ0v) is 10.5. The van der Waals surface area contributed by atoms with Crippen LogP contribution in [0.15, 0.2) is 24.3 Å². The van der Waals surface area contributed by atoms with E-state index in [4.69, 9.17) is 0 Å². The predicted octanol–water partition coefficient (Wildman–Crippen LogP) is 3.74.